The Kier molecular flexibility index (Phi) is 33.7. The summed E-state index contributed by atoms with van der Waals surface area (Å²) in [5, 5.41) is 13.4. The van der Waals surface area contributed by atoms with Crippen LogP contribution in [0.3, 0.4) is 0 Å². The van der Waals surface area contributed by atoms with Gasteiger partial charge in [0.25, 0.3) is 7.82 Å². The topological polar surface area (TPSA) is 108 Å². The Balaban J connectivity index is 3.89. The standard InChI is InChI=1S/C43H79N2O6P/c1-6-8-10-11-12-13-14-15-16-17-18-19-20-21-22-23-24-25-26-27-28-29-30-31-32-33-35-37-43(47)44-41(42(46)36-34-9-7-2)40-51-52(48,49)50-39-38-45(3,4)5/h8,10,12-13,15-16,18-19,34,36,41-42,46H,6-7,9,11,14,17,20-33,35,37-40H2,1-5H3,(H-,44,47,48,49)/b10-8-,13-12-,16-15-,19-18-,36-34+. The minimum Gasteiger partial charge on any atom is -0.756 e. The van der Waals surface area contributed by atoms with E-state index in [0.29, 0.717) is 17.4 Å². The molecule has 3 atom stereocenters. The lowest BCUT2D eigenvalue weighted by atomic mass is 10.0. The van der Waals surface area contributed by atoms with Crippen molar-refractivity contribution < 1.29 is 32.9 Å². The molecule has 302 valence electrons. The second-order valence-electron chi connectivity index (χ2n) is 15.0. The Morgan fingerprint density at radius 2 is 1.17 bits per heavy atom. The molecule has 0 bridgehead atoms. The maximum atomic E-state index is 12.6. The molecule has 0 aliphatic rings. The van der Waals surface area contributed by atoms with Crippen LogP contribution in [0.1, 0.15) is 155 Å². The normalized spacial score (nSPS) is 15.1. The monoisotopic (exact) mass is 751 g/mol. The van der Waals surface area contributed by atoms with Crippen molar-refractivity contribution in [3.8, 4) is 0 Å². The van der Waals surface area contributed by atoms with Crippen LogP contribution in [0.4, 0.5) is 0 Å². The number of allylic oxidation sites excluding steroid dienone is 9. The highest BCUT2D eigenvalue weighted by atomic mass is 31.2. The average Bonchev–Trinajstić information content (AvgIpc) is 3.09. The van der Waals surface area contributed by atoms with Crippen molar-refractivity contribution in [2.75, 3.05) is 40.9 Å². The molecule has 0 saturated carbocycles. The number of amides is 1. The quantitative estimate of drug-likeness (QED) is 0.0286. The molecule has 0 aliphatic carbocycles. The second-order valence-corrected chi connectivity index (χ2v) is 16.4. The number of unbranched alkanes of at least 4 members (excludes halogenated alkanes) is 15. The van der Waals surface area contributed by atoms with Crippen LogP contribution >= 0.6 is 7.82 Å². The summed E-state index contributed by atoms with van der Waals surface area (Å²) < 4.78 is 22.8. The molecular formula is C43H79N2O6P. The number of quaternary nitrogens is 1. The van der Waals surface area contributed by atoms with E-state index in [1.807, 2.05) is 34.1 Å². The van der Waals surface area contributed by atoms with Crippen molar-refractivity contribution in [1.29, 1.82) is 0 Å². The summed E-state index contributed by atoms with van der Waals surface area (Å²) in [6.45, 7) is 4.29. The molecule has 0 radical (unpaired) electrons. The van der Waals surface area contributed by atoms with Gasteiger partial charge in [0.2, 0.25) is 5.91 Å². The molecule has 52 heavy (non-hydrogen) atoms. The lowest BCUT2D eigenvalue weighted by Gasteiger charge is -2.29. The summed E-state index contributed by atoms with van der Waals surface area (Å²) >= 11 is 0. The molecule has 0 fully saturated rings. The van der Waals surface area contributed by atoms with Crippen LogP contribution in [-0.2, 0) is 18.4 Å². The Morgan fingerprint density at radius 3 is 1.67 bits per heavy atom. The fourth-order valence-electron chi connectivity index (χ4n) is 5.44. The number of nitrogens with one attached hydrogen (secondary N) is 1. The SMILES string of the molecule is CC/C=C\C/C=C\C/C=C\C/C=C\CCCCCCCCCCCCCCCCC(=O)NC(COP(=O)([O-])OCC[N+](C)(C)C)C(O)/C=C/CCC. The van der Waals surface area contributed by atoms with Crippen molar-refractivity contribution in [1.82, 2.24) is 5.32 Å². The molecule has 0 saturated heterocycles. The molecule has 9 heteroatoms. The Morgan fingerprint density at radius 1 is 0.692 bits per heavy atom. The maximum absolute atomic E-state index is 12.6. The van der Waals surface area contributed by atoms with Crippen LogP contribution in [0, 0.1) is 0 Å². The van der Waals surface area contributed by atoms with E-state index in [9.17, 15) is 19.4 Å². The van der Waals surface area contributed by atoms with Crippen LogP contribution in [0.2, 0.25) is 0 Å². The number of hydrogen-bond donors (Lipinski definition) is 2. The summed E-state index contributed by atoms with van der Waals surface area (Å²) in [6, 6.07) is -0.883. The van der Waals surface area contributed by atoms with Gasteiger partial charge in [0.15, 0.2) is 0 Å². The van der Waals surface area contributed by atoms with E-state index >= 15 is 0 Å². The smallest absolute Gasteiger partial charge is 0.268 e. The zero-order valence-electron chi connectivity index (χ0n) is 34.0. The minimum atomic E-state index is -4.56. The van der Waals surface area contributed by atoms with E-state index in [-0.39, 0.29) is 19.1 Å². The Hall–Kier alpha value is -1.80. The molecule has 0 aromatic heterocycles. The highest BCUT2D eigenvalue weighted by molar-refractivity contribution is 7.45. The number of rotatable bonds is 36. The lowest BCUT2D eigenvalue weighted by Crippen LogP contribution is -2.45. The van der Waals surface area contributed by atoms with Crippen LogP contribution in [0.15, 0.2) is 60.8 Å². The number of hydrogen-bond acceptors (Lipinski definition) is 6. The van der Waals surface area contributed by atoms with E-state index in [4.69, 9.17) is 9.05 Å². The molecule has 0 aromatic rings. The molecule has 0 heterocycles. The van der Waals surface area contributed by atoms with Gasteiger partial charge in [-0.25, -0.2) is 0 Å². The van der Waals surface area contributed by atoms with Crippen LogP contribution < -0.4 is 10.2 Å². The molecule has 0 rings (SSSR count). The third kappa shape index (κ3) is 36.6. The number of carbonyl (C=O) groups is 1. The van der Waals surface area contributed by atoms with Crippen molar-refractivity contribution in [3.05, 3.63) is 60.8 Å². The first kappa shape index (κ1) is 50.2. The zero-order valence-corrected chi connectivity index (χ0v) is 34.9. The van der Waals surface area contributed by atoms with Gasteiger partial charge in [0, 0.05) is 6.42 Å². The Labute approximate surface area is 320 Å². The predicted molar refractivity (Wildman–Crippen MR) is 219 cm³/mol. The van der Waals surface area contributed by atoms with Gasteiger partial charge < -0.3 is 28.8 Å². The third-order valence-corrected chi connectivity index (χ3v) is 9.68. The van der Waals surface area contributed by atoms with Crippen molar-refractivity contribution in [2.45, 2.75) is 167 Å². The van der Waals surface area contributed by atoms with Gasteiger partial charge in [-0.3, -0.25) is 9.36 Å². The van der Waals surface area contributed by atoms with Gasteiger partial charge >= 0.3 is 0 Å². The number of carbonyl (C=O) groups excluding carboxylic acids is 1. The fraction of sp³-hybridized carbons (Fsp3) is 0.744. The molecular weight excluding hydrogens is 671 g/mol. The minimum absolute atomic E-state index is 0.00473. The number of nitrogens with zero attached hydrogens (tertiary/aromatic N) is 1. The summed E-state index contributed by atoms with van der Waals surface area (Å²) in [7, 11) is 1.24. The Bertz CT molecular complexity index is 1030. The lowest BCUT2D eigenvalue weighted by molar-refractivity contribution is -0.870. The summed E-state index contributed by atoms with van der Waals surface area (Å²) in [5.74, 6) is -0.214. The summed E-state index contributed by atoms with van der Waals surface area (Å²) in [6.07, 6.45) is 45.1. The van der Waals surface area contributed by atoms with E-state index in [0.717, 1.165) is 57.8 Å². The largest absolute Gasteiger partial charge is 0.756 e. The number of phosphoric acid groups is 1. The molecule has 1 amide bonds. The average molecular weight is 751 g/mol. The van der Waals surface area contributed by atoms with Crippen LogP contribution in [0.5, 0.6) is 0 Å². The second kappa shape index (κ2) is 34.9. The summed E-state index contributed by atoms with van der Waals surface area (Å²) in [4.78, 5) is 24.9. The van der Waals surface area contributed by atoms with Gasteiger partial charge in [0.05, 0.1) is 39.9 Å². The van der Waals surface area contributed by atoms with Gasteiger partial charge in [-0.15, -0.1) is 0 Å². The number of likely N-dealkylation sites (N-methyl/N-ethyl adjacent to an activating group) is 1. The predicted octanol–water partition coefficient (Wildman–Crippen LogP) is 10.4. The van der Waals surface area contributed by atoms with Crippen LogP contribution in [-0.4, -0.2) is 68.5 Å². The van der Waals surface area contributed by atoms with E-state index in [2.05, 4.69) is 60.8 Å². The number of phosphoric ester groups is 1. The highest BCUT2D eigenvalue weighted by Gasteiger charge is 2.23. The van der Waals surface area contributed by atoms with Crippen molar-refractivity contribution >= 4 is 13.7 Å². The first-order valence-corrected chi connectivity index (χ1v) is 22.1. The van der Waals surface area contributed by atoms with E-state index in [1.165, 1.54) is 77.0 Å². The first-order chi connectivity index (χ1) is 25.0. The van der Waals surface area contributed by atoms with Gasteiger partial charge in [0.1, 0.15) is 13.2 Å². The van der Waals surface area contributed by atoms with Gasteiger partial charge in [-0.1, -0.05) is 158 Å². The molecule has 2 N–H and O–H groups in total. The van der Waals surface area contributed by atoms with Crippen LogP contribution in [0.25, 0.3) is 0 Å². The van der Waals surface area contributed by atoms with Gasteiger partial charge in [-0.05, 0) is 51.4 Å². The van der Waals surface area contributed by atoms with Crippen molar-refractivity contribution in [3.63, 3.8) is 0 Å². The molecule has 8 nitrogen and oxygen atoms in total. The fourth-order valence-corrected chi connectivity index (χ4v) is 6.17. The maximum Gasteiger partial charge on any atom is 0.268 e. The molecule has 3 unspecified atom stereocenters. The van der Waals surface area contributed by atoms with E-state index < -0.39 is 20.0 Å². The van der Waals surface area contributed by atoms with E-state index in [1.54, 1.807) is 6.08 Å². The molecule has 0 spiro atoms. The zero-order chi connectivity index (χ0) is 38.6. The number of aliphatic hydroxyl groups excluding tert-OH is 1. The highest BCUT2D eigenvalue weighted by Crippen LogP contribution is 2.38. The van der Waals surface area contributed by atoms with Crippen molar-refractivity contribution in [2.24, 2.45) is 0 Å². The third-order valence-electron chi connectivity index (χ3n) is 8.71. The summed E-state index contributed by atoms with van der Waals surface area (Å²) in [5.41, 5.74) is 0. The molecule has 0 aliphatic heterocycles. The number of aliphatic hydroxyl groups is 1. The first-order valence-electron chi connectivity index (χ1n) is 20.7. The van der Waals surface area contributed by atoms with Gasteiger partial charge in [-0.2, -0.15) is 0 Å². The molecule has 0 aromatic carbocycles.